The Balaban J connectivity index is 2.61. The standard InChI is InChI=1S/C15H31N3O/c1-4-15(5-2,8-10-19)12-17-14(16)18-9-6-7-13(3)11-18/h13,19H,4-12H2,1-3H3,(H2,16,17). The highest BCUT2D eigenvalue weighted by molar-refractivity contribution is 5.78. The molecule has 0 radical (unpaired) electrons. The van der Waals surface area contributed by atoms with Crippen LogP contribution in [0.3, 0.4) is 0 Å². The van der Waals surface area contributed by atoms with Gasteiger partial charge in [-0.2, -0.15) is 0 Å². The summed E-state index contributed by atoms with van der Waals surface area (Å²) < 4.78 is 0. The molecule has 3 N–H and O–H groups in total. The molecule has 1 atom stereocenters. The Bertz CT molecular complexity index is 287. The molecule has 0 amide bonds. The Kier molecular flexibility index (Phi) is 6.63. The van der Waals surface area contributed by atoms with Crippen LogP contribution in [0.2, 0.25) is 0 Å². The molecule has 4 nitrogen and oxygen atoms in total. The number of hydrogen-bond donors (Lipinski definition) is 2. The highest BCUT2D eigenvalue weighted by Crippen LogP contribution is 2.30. The lowest BCUT2D eigenvalue weighted by Crippen LogP contribution is -2.44. The summed E-state index contributed by atoms with van der Waals surface area (Å²) in [6.07, 6.45) is 5.39. The van der Waals surface area contributed by atoms with Gasteiger partial charge in [-0.1, -0.05) is 20.8 Å². The van der Waals surface area contributed by atoms with Crippen molar-refractivity contribution in [3.8, 4) is 0 Å². The third kappa shape index (κ3) is 4.68. The summed E-state index contributed by atoms with van der Waals surface area (Å²) in [5.41, 5.74) is 6.25. The van der Waals surface area contributed by atoms with Crippen molar-refractivity contribution in [1.29, 1.82) is 0 Å². The van der Waals surface area contributed by atoms with Gasteiger partial charge in [-0.3, -0.25) is 4.99 Å². The zero-order valence-electron chi connectivity index (χ0n) is 12.9. The summed E-state index contributed by atoms with van der Waals surface area (Å²) >= 11 is 0. The Morgan fingerprint density at radius 1 is 1.42 bits per heavy atom. The van der Waals surface area contributed by atoms with Gasteiger partial charge in [-0.25, -0.2) is 0 Å². The van der Waals surface area contributed by atoms with Gasteiger partial charge in [-0.15, -0.1) is 0 Å². The molecule has 0 spiro atoms. The van der Waals surface area contributed by atoms with Gasteiger partial charge in [0, 0.05) is 26.2 Å². The van der Waals surface area contributed by atoms with Gasteiger partial charge in [0.1, 0.15) is 0 Å². The third-order valence-corrected chi connectivity index (χ3v) is 4.70. The lowest BCUT2D eigenvalue weighted by molar-refractivity contribution is 0.174. The van der Waals surface area contributed by atoms with Gasteiger partial charge in [-0.05, 0) is 43.4 Å². The first kappa shape index (κ1) is 16.3. The Morgan fingerprint density at radius 2 is 2.11 bits per heavy atom. The van der Waals surface area contributed by atoms with Crippen LogP contribution in [-0.4, -0.2) is 42.2 Å². The first-order valence-corrected chi connectivity index (χ1v) is 7.72. The van der Waals surface area contributed by atoms with Crippen molar-refractivity contribution in [3.05, 3.63) is 0 Å². The Hall–Kier alpha value is -0.770. The molecule has 1 saturated heterocycles. The maximum atomic E-state index is 9.22. The van der Waals surface area contributed by atoms with E-state index in [1.807, 2.05) is 0 Å². The molecule has 0 saturated carbocycles. The van der Waals surface area contributed by atoms with E-state index in [-0.39, 0.29) is 12.0 Å². The monoisotopic (exact) mass is 269 g/mol. The van der Waals surface area contributed by atoms with Crippen molar-refractivity contribution < 1.29 is 5.11 Å². The lowest BCUT2D eigenvalue weighted by Gasteiger charge is -2.33. The lowest BCUT2D eigenvalue weighted by atomic mass is 9.79. The third-order valence-electron chi connectivity index (χ3n) is 4.70. The van der Waals surface area contributed by atoms with E-state index in [0.717, 1.165) is 38.9 Å². The average molecular weight is 269 g/mol. The summed E-state index contributed by atoms with van der Waals surface area (Å²) in [7, 11) is 0. The van der Waals surface area contributed by atoms with E-state index in [1.54, 1.807) is 0 Å². The molecular weight excluding hydrogens is 238 g/mol. The van der Waals surface area contributed by atoms with Gasteiger partial charge >= 0.3 is 0 Å². The van der Waals surface area contributed by atoms with Gasteiger partial charge < -0.3 is 15.7 Å². The Morgan fingerprint density at radius 3 is 2.63 bits per heavy atom. The van der Waals surface area contributed by atoms with E-state index in [0.29, 0.717) is 11.9 Å². The van der Waals surface area contributed by atoms with Crippen LogP contribution >= 0.6 is 0 Å². The maximum Gasteiger partial charge on any atom is 0.191 e. The molecule has 1 aliphatic rings. The summed E-state index contributed by atoms with van der Waals surface area (Å²) in [4.78, 5) is 6.84. The highest BCUT2D eigenvalue weighted by atomic mass is 16.3. The second-order valence-electron chi connectivity index (χ2n) is 6.05. The predicted molar refractivity (Wildman–Crippen MR) is 81.2 cm³/mol. The average Bonchev–Trinajstić information content (AvgIpc) is 2.43. The SMILES string of the molecule is CCC(CC)(CCO)CN=C(N)N1CCCC(C)C1. The van der Waals surface area contributed by atoms with Crippen molar-refractivity contribution in [2.75, 3.05) is 26.2 Å². The number of nitrogens with two attached hydrogens (primary N) is 1. The molecule has 112 valence electrons. The van der Waals surface area contributed by atoms with Crippen LogP contribution in [0, 0.1) is 11.3 Å². The van der Waals surface area contributed by atoms with E-state index in [9.17, 15) is 5.11 Å². The second kappa shape index (κ2) is 7.73. The zero-order chi connectivity index (χ0) is 14.3. The van der Waals surface area contributed by atoms with Crippen LogP contribution in [0.1, 0.15) is 52.9 Å². The molecule has 1 unspecified atom stereocenters. The van der Waals surface area contributed by atoms with E-state index in [1.165, 1.54) is 12.8 Å². The molecule has 1 rings (SSSR count). The molecule has 0 aromatic heterocycles. The minimum atomic E-state index is 0.112. The van der Waals surface area contributed by atoms with Crippen molar-refractivity contribution in [2.45, 2.75) is 52.9 Å². The van der Waals surface area contributed by atoms with Crippen LogP contribution in [0.4, 0.5) is 0 Å². The van der Waals surface area contributed by atoms with E-state index in [4.69, 9.17) is 5.73 Å². The molecule has 0 bridgehead atoms. The number of aliphatic imine (C=N–C) groups is 1. The van der Waals surface area contributed by atoms with Crippen molar-refractivity contribution in [1.82, 2.24) is 4.90 Å². The van der Waals surface area contributed by atoms with Crippen LogP contribution in [0.15, 0.2) is 4.99 Å². The predicted octanol–water partition coefficient (Wildman–Crippen LogP) is 2.22. The zero-order valence-corrected chi connectivity index (χ0v) is 12.9. The largest absolute Gasteiger partial charge is 0.396 e. The second-order valence-corrected chi connectivity index (χ2v) is 6.05. The quantitative estimate of drug-likeness (QED) is 0.574. The summed E-state index contributed by atoms with van der Waals surface area (Å²) in [5, 5.41) is 9.22. The van der Waals surface area contributed by atoms with E-state index >= 15 is 0 Å². The number of nitrogens with zero attached hydrogens (tertiary/aromatic N) is 2. The number of aliphatic hydroxyl groups excluding tert-OH is 1. The van der Waals surface area contributed by atoms with Crippen molar-refractivity contribution >= 4 is 5.96 Å². The van der Waals surface area contributed by atoms with Gasteiger partial charge in [0.2, 0.25) is 0 Å². The first-order valence-electron chi connectivity index (χ1n) is 7.72. The molecule has 0 aromatic carbocycles. The minimum absolute atomic E-state index is 0.112. The fraction of sp³-hybridized carbons (Fsp3) is 0.933. The first-order chi connectivity index (χ1) is 9.06. The molecule has 0 aromatic rings. The fourth-order valence-electron chi connectivity index (χ4n) is 2.89. The van der Waals surface area contributed by atoms with Crippen LogP contribution in [0.25, 0.3) is 0 Å². The number of aliphatic hydroxyl groups is 1. The summed E-state index contributed by atoms with van der Waals surface area (Å²) in [6, 6.07) is 0. The summed E-state index contributed by atoms with van der Waals surface area (Å²) in [6.45, 7) is 9.65. The van der Waals surface area contributed by atoms with Crippen LogP contribution in [0.5, 0.6) is 0 Å². The van der Waals surface area contributed by atoms with E-state index in [2.05, 4.69) is 30.7 Å². The Labute approximate surface area is 118 Å². The number of likely N-dealkylation sites (tertiary alicyclic amines) is 1. The normalized spacial score (nSPS) is 21.8. The number of rotatable bonds is 6. The molecule has 19 heavy (non-hydrogen) atoms. The number of piperidine rings is 1. The molecule has 1 aliphatic heterocycles. The topological polar surface area (TPSA) is 61.9 Å². The number of hydrogen-bond acceptors (Lipinski definition) is 2. The van der Waals surface area contributed by atoms with Crippen LogP contribution < -0.4 is 5.73 Å². The van der Waals surface area contributed by atoms with E-state index < -0.39 is 0 Å². The van der Waals surface area contributed by atoms with Crippen molar-refractivity contribution in [3.63, 3.8) is 0 Å². The molecule has 4 heteroatoms. The van der Waals surface area contributed by atoms with Gasteiger partial charge in [0.15, 0.2) is 5.96 Å². The number of guanidine groups is 1. The van der Waals surface area contributed by atoms with Gasteiger partial charge in [0.05, 0.1) is 0 Å². The molecule has 1 fully saturated rings. The van der Waals surface area contributed by atoms with Crippen LogP contribution in [-0.2, 0) is 0 Å². The fourth-order valence-corrected chi connectivity index (χ4v) is 2.89. The molecule has 0 aliphatic carbocycles. The molecule has 1 heterocycles. The highest BCUT2D eigenvalue weighted by Gasteiger charge is 2.26. The molecular formula is C15H31N3O. The minimum Gasteiger partial charge on any atom is -0.396 e. The maximum absolute atomic E-state index is 9.22. The smallest absolute Gasteiger partial charge is 0.191 e. The van der Waals surface area contributed by atoms with Gasteiger partial charge in [0.25, 0.3) is 0 Å². The van der Waals surface area contributed by atoms with Crippen molar-refractivity contribution in [2.24, 2.45) is 22.1 Å². The summed E-state index contributed by atoms with van der Waals surface area (Å²) in [5.74, 6) is 1.40.